The maximum Gasteiger partial charge on any atom is 0.233 e. The third kappa shape index (κ3) is 2.28. The van der Waals surface area contributed by atoms with E-state index in [2.05, 4.69) is 15.4 Å². The van der Waals surface area contributed by atoms with E-state index >= 15 is 0 Å². The van der Waals surface area contributed by atoms with Crippen LogP contribution in [-0.2, 0) is 4.79 Å². The first kappa shape index (κ1) is 14.6. The number of nitrogens with one attached hydrogen (secondary N) is 1. The highest BCUT2D eigenvalue weighted by molar-refractivity contribution is 6.53. The predicted molar refractivity (Wildman–Crippen MR) is 83.7 cm³/mol. The first-order chi connectivity index (χ1) is 9.74. The molecule has 0 bridgehead atoms. The number of pyridine rings is 1. The number of hydrogen-bond donors (Lipinski definition) is 1. The molecule has 3 rings (SSSR count). The summed E-state index contributed by atoms with van der Waals surface area (Å²) in [6.45, 7) is 5.83. The number of halogens is 2. The molecular weight excluding hydrogens is 311 g/mol. The molecule has 0 aromatic carbocycles. The lowest BCUT2D eigenvalue weighted by Crippen LogP contribution is -2.26. The standard InChI is InChI=1S/C14H16Cl2N4O/c1-8(2)20-11-9(5-18-20)4-10(6-17-11)19-12(21)13(3)7-14(13,15)16/h4-6,8H,7H2,1-3H3,(H,19,21). The summed E-state index contributed by atoms with van der Waals surface area (Å²) in [5.41, 5.74) is 0.672. The lowest BCUT2D eigenvalue weighted by molar-refractivity contribution is -0.120. The fraction of sp³-hybridized carbons (Fsp3) is 0.500. The van der Waals surface area contributed by atoms with Crippen molar-refractivity contribution in [2.75, 3.05) is 5.32 Å². The molecule has 1 fully saturated rings. The van der Waals surface area contributed by atoms with Crippen LogP contribution in [0.5, 0.6) is 0 Å². The number of hydrogen-bond acceptors (Lipinski definition) is 3. The fourth-order valence-electron chi connectivity index (χ4n) is 2.30. The van der Waals surface area contributed by atoms with Crippen LogP contribution in [-0.4, -0.2) is 25.0 Å². The lowest BCUT2D eigenvalue weighted by Gasteiger charge is -2.12. The van der Waals surface area contributed by atoms with Crippen LogP contribution >= 0.6 is 23.2 Å². The smallest absolute Gasteiger partial charge is 0.233 e. The minimum absolute atomic E-state index is 0.190. The lowest BCUT2D eigenvalue weighted by atomic mass is 10.1. The number of rotatable bonds is 3. The Morgan fingerprint density at radius 1 is 1.43 bits per heavy atom. The van der Waals surface area contributed by atoms with Gasteiger partial charge in [-0.25, -0.2) is 9.67 Å². The summed E-state index contributed by atoms with van der Waals surface area (Å²) in [6, 6.07) is 2.08. The molecule has 2 heterocycles. The minimum Gasteiger partial charge on any atom is -0.324 e. The predicted octanol–water partition coefficient (Wildman–Crippen LogP) is 3.53. The summed E-state index contributed by atoms with van der Waals surface area (Å²) < 4.78 is 0.864. The number of anilines is 1. The average Bonchev–Trinajstić information content (AvgIpc) is 2.76. The molecule has 112 valence electrons. The van der Waals surface area contributed by atoms with Gasteiger partial charge in [-0.05, 0) is 33.3 Å². The molecule has 2 aromatic heterocycles. The van der Waals surface area contributed by atoms with Crippen molar-refractivity contribution in [3.63, 3.8) is 0 Å². The Bertz CT molecular complexity index is 725. The third-order valence-electron chi connectivity index (χ3n) is 3.94. The Morgan fingerprint density at radius 3 is 2.67 bits per heavy atom. The number of nitrogens with zero attached hydrogens (tertiary/aromatic N) is 3. The van der Waals surface area contributed by atoms with Gasteiger partial charge in [0.1, 0.15) is 4.33 Å². The molecule has 21 heavy (non-hydrogen) atoms. The van der Waals surface area contributed by atoms with Crippen LogP contribution < -0.4 is 5.32 Å². The molecule has 1 saturated carbocycles. The van der Waals surface area contributed by atoms with Gasteiger partial charge in [0.2, 0.25) is 5.91 Å². The van der Waals surface area contributed by atoms with Gasteiger partial charge in [-0.3, -0.25) is 4.79 Å². The molecule has 0 spiro atoms. The van der Waals surface area contributed by atoms with Crippen LogP contribution in [0, 0.1) is 5.41 Å². The second kappa shape index (κ2) is 4.58. The van der Waals surface area contributed by atoms with Gasteiger partial charge in [-0.1, -0.05) is 0 Å². The van der Waals surface area contributed by atoms with Crippen molar-refractivity contribution in [2.24, 2.45) is 5.41 Å². The molecule has 1 N–H and O–H groups in total. The van der Waals surface area contributed by atoms with Crippen LogP contribution in [0.15, 0.2) is 18.5 Å². The van der Waals surface area contributed by atoms with E-state index in [0.29, 0.717) is 12.1 Å². The Balaban J connectivity index is 1.84. The summed E-state index contributed by atoms with van der Waals surface area (Å²) >= 11 is 12.0. The molecule has 1 unspecified atom stereocenters. The fourth-order valence-corrected chi connectivity index (χ4v) is 3.01. The Morgan fingerprint density at radius 2 is 2.10 bits per heavy atom. The van der Waals surface area contributed by atoms with Gasteiger partial charge >= 0.3 is 0 Å². The second-order valence-electron chi connectivity index (χ2n) is 5.99. The van der Waals surface area contributed by atoms with Crippen molar-refractivity contribution in [1.82, 2.24) is 14.8 Å². The molecule has 1 aliphatic carbocycles. The Kier molecular flexibility index (Phi) is 3.19. The maximum absolute atomic E-state index is 12.2. The van der Waals surface area contributed by atoms with Gasteiger partial charge in [0.05, 0.1) is 23.5 Å². The summed E-state index contributed by atoms with van der Waals surface area (Å²) in [4.78, 5) is 16.6. The van der Waals surface area contributed by atoms with Crippen molar-refractivity contribution < 1.29 is 4.79 Å². The molecule has 7 heteroatoms. The van der Waals surface area contributed by atoms with Crippen LogP contribution in [0.2, 0.25) is 0 Å². The van der Waals surface area contributed by atoms with E-state index in [1.807, 2.05) is 24.6 Å². The molecular formula is C14H16Cl2N4O. The van der Waals surface area contributed by atoms with Crippen molar-refractivity contribution in [2.45, 2.75) is 37.6 Å². The van der Waals surface area contributed by atoms with E-state index in [1.165, 1.54) is 0 Å². The van der Waals surface area contributed by atoms with Crippen molar-refractivity contribution in [1.29, 1.82) is 0 Å². The first-order valence-electron chi connectivity index (χ1n) is 6.77. The minimum atomic E-state index is -0.975. The molecule has 5 nitrogen and oxygen atoms in total. The van der Waals surface area contributed by atoms with Crippen molar-refractivity contribution in [3.8, 4) is 0 Å². The number of aromatic nitrogens is 3. The zero-order chi connectivity index (χ0) is 15.4. The van der Waals surface area contributed by atoms with Crippen molar-refractivity contribution in [3.05, 3.63) is 18.5 Å². The molecule has 0 radical (unpaired) electrons. The summed E-state index contributed by atoms with van der Waals surface area (Å²) in [7, 11) is 0. The largest absolute Gasteiger partial charge is 0.324 e. The number of carbonyl (C=O) groups excluding carboxylic acids is 1. The summed E-state index contributed by atoms with van der Waals surface area (Å²) in [6.07, 6.45) is 3.82. The third-order valence-corrected chi connectivity index (χ3v) is 5.04. The highest BCUT2D eigenvalue weighted by atomic mass is 35.5. The highest BCUT2D eigenvalue weighted by Crippen LogP contribution is 2.64. The first-order valence-corrected chi connectivity index (χ1v) is 7.53. The molecule has 0 aliphatic heterocycles. The molecule has 1 amide bonds. The average molecular weight is 327 g/mol. The number of carbonyl (C=O) groups is 1. The normalized spacial score (nSPS) is 23.5. The molecule has 2 aromatic rings. The van der Waals surface area contributed by atoms with Gasteiger partial charge < -0.3 is 5.32 Å². The van der Waals surface area contributed by atoms with E-state index in [4.69, 9.17) is 23.2 Å². The SMILES string of the molecule is CC(C)n1ncc2cc(NC(=O)C3(C)CC3(Cl)Cl)cnc21. The van der Waals surface area contributed by atoms with Crippen LogP contribution in [0.4, 0.5) is 5.69 Å². The van der Waals surface area contributed by atoms with Gasteiger partial charge in [-0.15, -0.1) is 23.2 Å². The molecule has 0 saturated heterocycles. The van der Waals surface area contributed by atoms with Gasteiger partial charge in [0.15, 0.2) is 5.65 Å². The van der Waals surface area contributed by atoms with E-state index in [0.717, 1.165) is 11.0 Å². The Hall–Kier alpha value is -1.33. The van der Waals surface area contributed by atoms with Gasteiger partial charge in [0, 0.05) is 11.4 Å². The number of amides is 1. The zero-order valence-electron chi connectivity index (χ0n) is 12.0. The van der Waals surface area contributed by atoms with Crippen LogP contribution in [0.3, 0.4) is 0 Å². The quantitative estimate of drug-likeness (QED) is 0.877. The van der Waals surface area contributed by atoms with E-state index in [1.54, 1.807) is 19.3 Å². The van der Waals surface area contributed by atoms with E-state index in [-0.39, 0.29) is 11.9 Å². The van der Waals surface area contributed by atoms with E-state index < -0.39 is 9.75 Å². The van der Waals surface area contributed by atoms with E-state index in [9.17, 15) is 4.79 Å². The van der Waals surface area contributed by atoms with Gasteiger partial charge in [-0.2, -0.15) is 5.10 Å². The van der Waals surface area contributed by atoms with Crippen molar-refractivity contribution >= 4 is 45.8 Å². The highest BCUT2D eigenvalue weighted by Gasteiger charge is 2.67. The topological polar surface area (TPSA) is 59.8 Å². The number of fused-ring (bicyclic) bond motifs is 1. The molecule has 1 aliphatic rings. The molecule has 1 atom stereocenters. The van der Waals surface area contributed by atoms with Gasteiger partial charge in [0.25, 0.3) is 0 Å². The Labute approximate surface area is 132 Å². The summed E-state index contributed by atoms with van der Waals surface area (Å²) in [5.74, 6) is -0.190. The monoisotopic (exact) mass is 326 g/mol. The second-order valence-corrected chi connectivity index (χ2v) is 7.47. The summed E-state index contributed by atoms with van der Waals surface area (Å²) in [5, 5.41) is 8.00. The zero-order valence-corrected chi connectivity index (χ0v) is 13.5. The maximum atomic E-state index is 12.2. The van der Waals surface area contributed by atoms with Crippen LogP contribution in [0.25, 0.3) is 11.0 Å². The number of alkyl halides is 2. The van der Waals surface area contributed by atoms with Crippen LogP contribution in [0.1, 0.15) is 33.2 Å².